The van der Waals surface area contributed by atoms with Crippen molar-refractivity contribution in [2.24, 2.45) is 0 Å². The van der Waals surface area contributed by atoms with Crippen LogP contribution >= 0.6 is 0 Å². The lowest BCUT2D eigenvalue weighted by Gasteiger charge is -2.26. The zero-order chi connectivity index (χ0) is 12.0. The number of aliphatic hydroxyl groups excluding tert-OH is 2. The molecule has 0 radical (unpaired) electrons. The smallest absolute Gasteiger partial charge is 0.187 e. The average molecular weight is 208 g/mol. The molecule has 0 fully saturated rings. The highest BCUT2D eigenvalue weighted by atomic mass is 16.3. The quantitative estimate of drug-likeness (QED) is 0.494. The van der Waals surface area contributed by atoms with Gasteiger partial charge < -0.3 is 19.2 Å². The Balaban J connectivity index is 0. The van der Waals surface area contributed by atoms with E-state index in [4.69, 9.17) is 10.2 Å². The number of hydrogen-bond acceptors (Lipinski definition) is 2. The van der Waals surface area contributed by atoms with E-state index in [2.05, 4.69) is 21.1 Å². The van der Waals surface area contributed by atoms with Crippen LogP contribution in [0.5, 0.6) is 0 Å². The van der Waals surface area contributed by atoms with Gasteiger partial charge in [0, 0.05) is 6.92 Å². The monoisotopic (exact) mass is 208 g/mol. The van der Waals surface area contributed by atoms with Gasteiger partial charge >= 0.3 is 0 Å². The van der Waals surface area contributed by atoms with Gasteiger partial charge in [-0.1, -0.05) is 0 Å². The fourth-order valence-electron chi connectivity index (χ4n) is 0.300. The molecule has 0 rings (SSSR count). The van der Waals surface area contributed by atoms with Crippen LogP contribution in [0.3, 0.4) is 0 Å². The average Bonchev–Trinajstić information content (AvgIpc) is 1.82. The molecular formula is C10H28N2O2+2. The first kappa shape index (κ1) is 16.3. The summed E-state index contributed by atoms with van der Waals surface area (Å²) in [5.41, 5.74) is 0. The molecule has 0 aliphatic rings. The molecule has 4 nitrogen and oxygen atoms in total. The maximum absolute atomic E-state index is 8.86. The number of aliphatic hydroxyl groups is 2. The van der Waals surface area contributed by atoms with Crippen molar-refractivity contribution in [2.45, 2.75) is 13.2 Å². The molecular weight excluding hydrogens is 180 g/mol. The Kier molecular flexibility index (Phi) is 7.38. The predicted octanol–water partition coefficient (Wildman–Crippen LogP) is -0.284. The normalized spacial score (nSPS) is 14.4. The van der Waals surface area contributed by atoms with E-state index in [1.807, 2.05) is 21.1 Å². The summed E-state index contributed by atoms with van der Waals surface area (Å²) in [7, 11) is 12.0. The summed E-state index contributed by atoms with van der Waals surface area (Å²) in [5.74, 6) is 0. The highest BCUT2D eigenvalue weighted by Crippen LogP contribution is 1.94. The Morgan fingerprint density at radius 1 is 1.00 bits per heavy atom. The van der Waals surface area contributed by atoms with E-state index < -0.39 is 0 Å². The summed E-state index contributed by atoms with van der Waals surface area (Å²) in [6.07, 6.45) is -0.264. The molecule has 0 saturated carbocycles. The van der Waals surface area contributed by atoms with Gasteiger partial charge in [0.15, 0.2) is 6.23 Å². The number of rotatable bonds is 3. The molecule has 88 valence electrons. The first-order valence-corrected chi connectivity index (χ1v) is 4.91. The molecule has 0 aromatic rings. The molecule has 0 aromatic heterocycles. The fraction of sp³-hybridized carbons (Fsp3) is 1.00. The maximum Gasteiger partial charge on any atom is 0.187 e. The molecule has 0 amide bonds. The largest absolute Gasteiger partial charge is 0.391 e. The number of hydrogen-bond donors (Lipinski definition) is 2. The van der Waals surface area contributed by atoms with Crippen LogP contribution in [0.15, 0.2) is 0 Å². The highest BCUT2D eigenvalue weighted by molar-refractivity contribution is 4.19. The van der Waals surface area contributed by atoms with Crippen molar-refractivity contribution < 1.29 is 19.2 Å². The molecule has 4 heteroatoms. The van der Waals surface area contributed by atoms with Crippen LogP contribution in [-0.2, 0) is 0 Å². The van der Waals surface area contributed by atoms with Crippen molar-refractivity contribution in [1.29, 1.82) is 0 Å². The second-order valence-corrected chi connectivity index (χ2v) is 5.49. The Labute approximate surface area is 88.6 Å². The van der Waals surface area contributed by atoms with E-state index in [1.165, 1.54) is 0 Å². The van der Waals surface area contributed by atoms with Crippen LogP contribution in [0.1, 0.15) is 6.92 Å². The van der Waals surface area contributed by atoms with Crippen LogP contribution < -0.4 is 0 Å². The van der Waals surface area contributed by atoms with E-state index in [-0.39, 0.29) is 12.8 Å². The van der Waals surface area contributed by atoms with Crippen molar-refractivity contribution in [3.63, 3.8) is 0 Å². The molecule has 0 bridgehead atoms. The van der Waals surface area contributed by atoms with Crippen molar-refractivity contribution in [3.8, 4) is 0 Å². The summed E-state index contributed by atoms with van der Waals surface area (Å²) in [6, 6.07) is 0. The van der Waals surface area contributed by atoms with E-state index in [0.717, 1.165) is 11.0 Å². The second kappa shape index (κ2) is 6.35. The van der Waals surface area contributed by atoms with Gasteiger partial charge in [0.2, 0.25) is 0 Å². The molecule has 14 heavy (non-hydrogen) atoms. The molecule has 2 N–H and O–H groups in total. The van der Waals surface area contributed by atoms with Gasteiger partial charge in [-0.05, 0) is 0 Å². The van der Waals surface area contributed by atoms with Gasteiger partial charge in [0.1, 0.15) is 6.54 Å². The number of nitrogens with zero attached hydrogens (tertiary/aromatic N) is 2. The van der Waals surface area contributed by atoms with Crippen LogP contribution in [-0.4, -0.2) is 80.8 Å². The SMILES string of the molecule is CC(O)[N+](C)(C)C.C[N+](C)(C)CCO. The summed E-state index contributed by atoms with van der Waals surface area (Å²) in [6.45, 7) is 2.89. The third-order valence-corrected chi connectivity index (χ3v) is 1.89. The summed E-state index contributed by atoms with van der Waals surface area (Å²) in [5, 5.41) is 17.2. The topological polar surface area (TPSA) is 40.5 Å². The molecule has 0 spiro atoms. The van der Waals surface area contributed by atoms with Gasteiger partial charge in [-0.2, -0.15) is 0 Å². The van der Waals surface area contributed by atoms with E-state index in [1.54, 1.807) is 6.92 Å². The first-order valence-electron chi connectivity index (χ1n) is 4.91. The minimum absolute atomic E-state index is 0.264. The van der Waals surface area contributed by atoms with Crippen molar-refractivity contribution in [1.82, 2.24) is 0 Å². The zero-order valence-electron chi connectivity index (χ0n) is 10.8. The van der Waals surface area contributed by atoms with Crippen LogP contribution in [0.25, 0.3) is 0 Å². The van der Waals surface area contributed by atoms with Gasteiger partial charge in [-0.25, -0.2) is 0 Å². The molecule has 1 unspecified atom stereocenters. The van der Waals surface area contributed by atoms with Crippen molar-refractivity contribution in [2.75, 3.05) is 55.4 Å². The molecule has 0 saturated heterocycles. The fourth-order valence-corrected chi connectivity index (χ4v) is 0.300. The third kappa shape index (κ3) is 14.4. The lowest BCUT2D eigenvalue weighted by atomic mass is 10.5. The summed E-state index contributed by atoms with van der Waals surface area (Å²) < 4.78 is 1.45. The van der Waals surface area contributed by atoms with Gasteiger partial charge in [-0.15, -0.1) is 0 Å². The Morgan fingerprint density at radius 3 is 1.29 bits per heavy atom. The Hall–Kier alpha value is -0.160. The van der Waals surface area contributed by atoms with Crippen molar-refractivity contribution >= 4 is 0 Å². The lowest BCUT2D eigenvalue weighted by molar-refractivity contribution is -0.916. The molecule has 0 aromatic carbocycles. The van der Waals surface area contributed by atoms with E-state index >= 15 is 0 Å². The predicted molar refractivity (Wildman–Crippen MR) is 59.7 cm³/mol. The van der Waals surface area contributed by atoms with Crippen LogP contribution in [0.4, 0.5) is 0 Å². The zero-order valence-corrected chi connectivity index (χ0v) is 10.8. The third-order valence-electron chi connectivity index (χ3n) is 1.89. The van der Waals surface area contributed by atoms with Crippen LogP contribution in [0, 0.1) is 0 Å². The number of quaternary nitrogens is 2. The summed E-state index contributed by atoms with van der Waals surface area (Å²) >= 11 is 0. The minimum atomic E-state index is -0.264. The number of likely N-dealkylation sites (N-methyl/N-ethyl adjacent to an activating group) is 1. The Bertz CT molecular complexity index is 134. The van der Waals surface area contributed by atoms with Crippen LogP contribution in [0.2, 0.25) is 0 Å². The van der Waals surface area contributed by atoms with E-state index in [9.17, 15) is 0 Å². The highest BCUT2D eigenvalue weighted by Gasteiger charge is 2.12. The molecule has 0 aliphatic heterocycles. The van der Waals surface area contributed by atoms with Gasteiger partial charge in [-0.3, -0.25) is 0 Å². The van der Waals surface area contributed by atoms with Gasteiger partial charge in [0.05, 0.1) is 48.9 Å². The van der Waals surface area contributed by atoms with Crippen molar-refractivity contribution in [3.05, 3.63) is 0 Å². The standard InChI is InChI=1S/2C5H14NO/c1-6(2,3)4-5-7;1-5(7)6(2,3)4/h7H,4-5H2,1-3H3;5,7H,1-4H3/q2*+1. The maximum atomic E-state index is 8.86. The van der Waals surface area contributed by atoms with E-state index in [0.29, 0.717) is 4.48 Å². The summed E-state index contributed by atoms with van der Waals surface area (Å²) in [4.78, 5) is 0. The molecule has 0 aliphatic carbocycles. The lowest BCUT2D eigenvalue weighted by Crippen LogP contribution is -2.42. The Morgan fingerprint density at radius 2 is 1.29 bits per heavy atom. The minimum Gasteiger partial charge on any atom is -0.391 e. The first-order chi connectivity index (χ1) is 6.00. The second-order valence-electron chi connectivity index (χ2n) is 5.49. The van der Waals surface area contributed by atoms with Gasteiger partial charge in [0.25, 0.3) is 0 Å². The molecule has 1 atom stereocenters. The molecule has 0 heterocycles.